The van der Waals surface area contributed by atoms with Gasteiger partial charge in [0.1, 0.15) is 11.8 Å². The number of carbonyl (C=O) groups is 2. The molecule has 2 amide bonds. The quantitative estimate of drug-likeness (QED) is 0.833. The molecule has 1 saturated heterocycles. The average Bonchev–Trinajstić information content (AvgIpc) is 2.89. The Balaban J connectivity index is 1.72. The molecule has 1 unspecified atom stereocenters. The Labute approximate surface area is 166 Å². The van der Waals surface area contributed by atoms with Crippen molar-refractivity contribution in [2.75, 3.05) is 7.11 Å². The summed E-state index contributed by atoms with van der Waals surface area (Å²) in [5, 5.41) is 3.02. The molecule has 1 heterocycles. The van der Waals surface area contributed by atoms with Crippen LogP contribution in [0.25, 0.3) is 0 Å². The van der Waals surface area contributed by atoms with E-state index in [1.807, 2.05) is 55.5 Å². The molecule has 1 aliphatic heterocycles. The van der Waals surface area contributed by atoms with Gasteiger partial charge in [-0.3, -0.25) is 9.59 Å². The van der Waals surface area contributed by atoms with Crippen LogP contribution in [0.4, 0.5) is 0 Å². The highest BCUT2D eigenvalue weighted by Gasteiger charge is 2.31. The zero-order chi connectivity index (χ0) is 19.9. The van der Waals surface area contributed by atoms with Gasteiger partial charge in [0.25, 0.3) is 0 Å². The fourth-order valence-electron chi connectivity index (χ4n) is 3.54. The third kappa shape index (κ3) is 5.12. The molecule has 1 fully saturated rings. The summed E-state index contributed by atoms with van der Waals surface area (Å²) in [6, 6.07) is 15.3. The van der Waals surface area contributed by atoms with Crippen molar-refractivity contribution in [1.82, 2.24) is 10.2 Å². The highest BCUT2D eigenvalue weighted by molar-refractivity contribution is 5.88. The zero-order valence-corrected chi connectivity index (χ0v) is 16.6. The normalized spacial score (nSPS) is 17.1. The Morgan fingerprint density at radius 3 is 2.68 bits per heavy atom. The number of amides is 2. The minimum absolute atomic E-state index is 0.0378. The van der Waals surface area contributed by atoms with Gasteiger partial charge >= 0.3 is 0 Å². The fourth-order valence-corrected chi connectivity index (χ4v) is 3.54. The van der Waals surface area contributed by atoms with Crippen LogP contribution in [0.15, 0.2) is 48.5 Å². The largest absolute Gasteiger partial charge is 0.497 e. The van der Waals surface area contributed by atoms with Crippen molar-refractivity contribution in [3.63, 3.8) is 0 Å². The standard InChI is InChI=1S/C23H28N2O3/c1-17-10-12-18(13-11-17)15-24-23(27)21-8-3-4-9-22(26)25(21)16-19-6-5-7-20(14-19)28-2/h5-7,10-14,21H,3-4,8-9,15-16H2,1-2H3,(H,24,27). The van der Waals surface area contributed by atoms with Gasteiger partial charge < -0.3 is 15.0 Å². The van der Waals surface area contributed by atoms with Gasteiger partial charge in [0, 0.05) is 19.5 Å². The van der Waals surface area contributed by atoms with Crippen LogP contribution in [-0.4, -0.2) is 29.9 Å². The van der Waals surface area contributed by atoms with Crippen molar-refractivity contribution in [3.8, 4) is 5.75 Å². The van der Waals surface area contributed by atoms with Crippen LogP contribution in [0.1, 0.15) is 42.4 Å². The highest BCUT2D eigenvalue weighted by Crippen LogP contribution is 2.22. The van der Waals surface area contributed by atoms with Gasteiger partial charge in [0.2, 0.25) is 11.8 Å². The number of hydrogen-bond donors (Lipinski definition) is 1. The first-order valence-corrected chi connectivity index (χ1v) is 9.82. The van der Waals surface area contributed by atoms with Crippen LogP contribution in [0.2, 0.25) is 0 Å². The van der Waals surface area contributed by atoms with E-state index in [4.69, 9.17) is 4.74 Å². The molecule has 0 saturated carbocycles. The Bertz CT molecular complexity index is 817. The van der Waals surface area contributed by atoms with E-state index in [9.17, 15) is 9.59 Å². The SMILES string of the molecule is COc1cccc(CN2C(=O)CCCCC2C(=O)NCc2ccc(C)cc2)c1. The molecule has 2 aromatic carbocycles. The lowest BCUT2D eigenvalue weighted by Gasteiger charge is -2.29. The average molecular weight is 380 g/mol. The van der Waals surface area contributed by atoms with Crippen LogP contribution in [0.3, 0.4) is 0 Å². The second kappa shape index (κ2) is 9.40. The predicted octanol–water partition coefficient (Wildman–Crippen LogP) is 3.59. The van der Waals surface area contributed by atoms with Crippen LogP contribution in [-0.2, 0) is 22.7 Å². The molecule has 1 aliphatic rings. The first kappa shape index (κ1) is 19.9. The minimum atomic E-state index is -0.438. The summed E-state index contributed by atoms with van der Waals surface area (Å²) in [7, 11) is 1.62. The van der Waals surface area contributed by atoms with Crippen LogP contribution >= 0.6 is 0 Å². The summed E-state index contributed by atoms with van der Waals surface area (Å²) in [6.07, 6.45) is 2.89. The van der Waals surface area contributed by atoms with Gasteiger partial charge in [-0.2, -0.15) is 0 Å². The lowest BCUT2D eigenvalue weighted by atomic mass is 10.1. The van der Waals surface area contributed by atoms with E-state index in [0.29, 0.717) is 25.9 Å². The van der Waals surface area contributed by atoms with Crippen molar-refractivity contribution < 1.29 is 14.3 Å². The topological polar surface area (TPSA) is 58.6 Å². The molecular formula is C23H28N2O3. The molecule has 2 aromatic rings. The number of carbonyl (C=O) groups excluding carboxylic acids is 2. The van der Waals surface area contributed by atoms with Gasteiger partial charge in [-0.15, -0.1) is 0 Å². The molecule has 0 radical (unpaired) electrons. The van der Waals surface area contributed by atoms with E-state index in [-0.39, 0.29) is 11.8 Å². The molecule has 0 spiro atoms. The van der Waals surface area contributed by atoms with E-state index < -0.39 is 6.04 Å². The minimum Gasteiger partial charge on any atom is -0.497 e. The molecule has 5 heteroatoms. The first-order valence-electron chi connectivity index (χ1n) is 9.82. The van der Waals surface area contributed by atoms with Crippen LogP contribution in [0, 0.1) is 6.92 Å². The molecular weight excluding hydrogens is 352 g/mol. The predicted molar refractivity (Wildman–Crippen MR) is 109 cm³/mol. The zero-order valence-electron chi connectivity index (χ0n) is 16.6. The van der Waals surface area contributed by atoms with Crippen molar-refractivity contribution >= 4 is 11.8 Å². The smallest absolute Gasteiger partial charge is 0.243 e. The number of benzene rings is 2. The van der Waals surface area contributed by atoms with E-state index in [2.05, 4.69) is 5.32 Å². The summed E-state index contributed by atoms with van der Waals surface area (Å²) in [6.45, 7) is 2.92. The van der Waals surface area contributed by atoms with Gasteiger partial charge in [-0.1, -0.05) is 48.4 Å². The molecule has 3 rings (SSSR count). The van der Waals surface area contributed by atoms with Gasteiger partial charge in [0.05, 0.1) is 7.11 Å². The molecule has 0 bridgehead atoms. The maximum absolute atomic E-state index is 12.9. The van der Waals surface area contributed by atoms with Crippen molar-refractivity contribution in [2.45, 2.75) is 51.7 Å². The van der Waals surface area contributed by atoms with Gasteiger partial charge in [-0.05, 0) is 43.0 Å². The Morgan fingerprint density at radius 1 is 1.14 bits per heavy atom. The van der Waals surface area contributed by atoms with Crippen molar-refractivity contribution in [2.24, 2.45) is 0 Å². The third-order valence-corrected chi connectivity index (χ3v) is 5.19. The van der Waals surface area contributed by atoms with Crippen molar-refractivity contribution in [3.05, 3.63) is 65.2 Å². The lowest BCUT2D eigenvalue weighted by Crippen LogP contribution is -2.48. The number of nitrogens with zero attached hydrogens (tertiary/aromatic N) is 1. The number of aryl methyl sites for hydroxylation is 1. The molecule has 1 atom stereocenters. The Morgan fingerprint density at radius 2 is 1.93 bits per heavy atom. The summed E-state index contributed by atoms with van der Waals surface area (Å²) >= 11 is 0. The number of ether oxygens (including phenoxy) is 1. The highest BCUT2D eigenvalue weighted by atomic mass is 16.5. The Hall–Kier alpha value is -2.82. The lowest BCUT2D eigenvalue weighted by molar-refractivity contribution is -0.140. The fraction of sp³-hybridized carbons (Fsp3) is 0.391. The Kier molecular flexibility index (Phi) is 6.69. The number of likely N-dealkylation sites (tertiary alicyclic amines) is 1. The number of nitrogens with one attached hydrogen (secondary N) is 1. The number of methoxy groups -OCH3 is 1. The third-order valence-electron chi connectivity index (χ3n) is 5.19. The molecule has 0 aliphatic carbocycles. The second-order valence-corrected chi connectivity index (χ2v) is 7.34. The summed E-state index contributed by atoms with van der Waals surface area (Å²) in [4.78, 5) is 27.4. The summed E-state index contributed by atoms with van der Waals surface area (Å²) < 4.78 is 5.28. The molecule has 28 heavy (non-hydrogen) atoms. The van der Waals surface area contributed by atoms with E-state index in [1.165, 1.54) is 5.56 Å². The first-order chi connectivity index (χ1) is 13.6. The maximum Gasteiger partial charge on any atom is 0.243 e. The molecule has 1 N–H and O–H groups in total. The van der Waals surface area contributed by atoms with Crippen LogP contribution in [0.5, 0.6) is 5.75 Å². The van der Waals surface area contributed by atoms with E-state index in [1.54, 1.807) is 12.0 Å². The second-order valence-electron chi connectivity index (χ2n) is 7.34. The number of rotatable bonds is 6. The van der Waals surface area contributed by atoms with E-state index in [0.717, 1.165) is 29.7 Å². The summed E-state index contributed by atoms with van der Waals surface area (Å²) in [5.41, 5.74) is 3.21. The van der Waals surface area contributed by atoms with Crippen LogP contribution < -0.4 is 10.1 Å². The van der Waals surface area contributed by atoms with Gasteiger partial charge in [-0.25, -0.2) is 0 Å². The molecule has 5 nitrogen and oxygen atoms in total. The van der Waals surface area contributed by atoms with Gasteiger partial charge in [0.15, 0.2) is 0 Å². The molecule has 148 valence electrons. The van der Waals surface area contributed by atoms with Crippen molar-refractivity contribution in [1.29, 1.82) is 0 Å². The molecule has 0 aromatic heterocycles. The van der Waals surface area contributed by atoms with E-state index >= 15 is 0 Å². The summed E-state index contributed by atoms with van der Waals surface area (Å²) in [5.74, 6) is 0.703. The number of hydrogen-bond acceptors (Lipinski definition) is 3. The maximum atomic E-state index is 12.9. The monoisotopic (exact) mass is 380 g/mol.